The van der Waals surface area contributed by atoms with E-state index < -0.39 is 11.7 Å². The van der Waals surface area contributed by atoms with Crippen LogP contribution in [0.5, 0.6) is 5.75 Å². The van der Waals surface area contributed by atoms with Gasteiger partial charge in [-0.05, 0) is 25.0 Å². The Bertz CT molecular complexity index is 1170. The van der Waals surface area contributed by atoms with Gasteiger partial charge in [-0.15, -0.1) is 10.2 Å². The summed E-state index contributed by atoms with van der Waals surface area (Å²) in [7, 11) is 2.95. The predicted molar refractivity (Wildman–Crippen MR) is 114 cm³/mol. The maximum atomic E-state index is 13.2. The van der Waals surface area contributed by atoms with Crippen molar-refractivity contribution in [3.63, 3.8) is 0 Å². The Labute approximate surface area is 182 Å². The number of methoxy groups -OCH3 is 1. The van der Waals surface area contributed by atoms with Crippen LogP contribution in [0.3, 0.4) is 0 Å². The van der Waals surface area contributed by atoms with Gasteiger partial charge >= 0.3 is 0 Å². The van der Waals surface area contributed by atoms with Crippen molar-refractivity contribution >= 4 is 29.0 Å². The molecule has 4 rings (SSSR count). The Morgan fingerprint density at radius 2 is 1.88 bits per heavy atom. The molecule has 3 aromatic rings. The van der Waals surface area contributed by atoms with Crippen LogP contribution in [0.4, 0.5) is 21.6 Å². The molecule has 0 bridgehead atoms. The van der Waals surface area contributed by atoms with Crippen molar-refractivity contribution in [2.75, 3.05) is 24.8 Å². The number of nitrogens with one attached hydrogen (secondary N) is 3. The third kappa shape index (κ3) is 4.46. The number of rotatable bonds is 7. The van der Waals surface area contributed by atoms with Gasteiger partial charge in [-0.1, -0.05) is 6.07 Å². The van der Waals surface area contributed by atoms with E-state index in [4.69, 9.17) is 4.74 Å². The summed E-state index contributed by atoms with van der Waals surface area (Å²) in [5, 5.41) is 16.3. The predicted octanol–water partition coefficient (Wildman–Crippen LogP) is 2.53. The van der Waals surface area contributed by atoms with Crippen LogP contribution < -0.4 is 20.7 Å². The smallest absolute Gasteiger partial charge is 0.273 e. The van der Waals surface area contributed by atoms with Gasteiger partial charge in [-0.3, -0.25) is 9.59 Å². The fourth-order valence-electron chi connectivity index (χ4n) is 3.04. The summed E-state index contributed by atoms with van der Waals surface area (Å²) >= 11 is 0. The lowest BCUT2D eigenvalue weighted by molar-refractivity contribution is -0.117. The molecule has 1 saturated carbocycles. The molecule has 1 aliphatic rings. The summed E-state index contributed by atoms with van der Waals surface area (Å²) in [5.41, 5.74) is 1.34. The average molecular weight is 437 g/mol. The molecule has 10 nitrogen and oxygen atoms in total. The highest BCUT2D eigenvalue weighted by Gasteiger charge is 2.30. The Morgan fingerprint density at radius 3 is 2.53 bits per heavy atom. The fourth-order valence-corrected chi connectivity index (χ4v) is 3.04. The van der Waals surface area contributed by atoms with Crippen LogP contribution >= 0.6 is 0 Å². The normalized spacial score (nSPS) is 12.7. The third-order valence-corrected chi connectivity index (χ3v) is 4.79. The molecule has 3 N–H and O–H groups in total. The number of aromatic nitrogens is 4. The van der Waals surface area contributed by atoms with E-state index in [9.17, 15) is 14.0 Å². The minimum atomic E-state index is -0.555. The zero-order valence-electron chi connectivity index (χ0n) is 17.3. The largest absolute Gasteiger partial charge is 0.494 e. The monoisotopic (exact) mass is 437 g/mol. The number of hydrogen-bond acceptors (Lipinski definition) is 8. The molecule has 2 aromatic heterocycles. The summed E-state index contributed by atoms with van der Waals surface area (Å²) in [6.07, 6.45) is 3.81. The lowest BCUT2D eigenvalue weighted by Gasteiger charge is -2.16. The van der Waals surface area contributed by atoms with Gasteiger partial charge in [0.2, 0.25) is 5.91 Å². The molecule has 0 aliphatic heterocycles. The van der Waals surface area contributed by atoms with E-state index in [0.717, 1.165) is 25.2 Å². The van der Waals surface area contributed by atoms with Gasteiger partial charge in [0.05, 0.1) is 36.4 Å². The maximum Gasteiger partial charge on any atom is 0.273 e. The number of para-hydroxylation sites is 1. The molecule has 1 aliphatic carbocycles. The van der Waals surface area contributed by atoms with Crippen molar-refractivity contribution < 1.29 is 18.7 Å². The molecule has 0 saturated heterocycles. The first-order valence-corrected chi connectivity index (χ1v) is 9.82. The molecular formula is C21H20FN7O3. The molecule has 0 unspecified atom stereocenters. The van der Waals surface area contributed by atoms with Crippen molar-refractivity contribution in [3.05, 3.63) is 48.2 Å². The van der Waals surface area contributed by atoms with Gasteiger partial charge in [-0.2, -0.15) is 0 Å². The molecule has 11 heteroatoms. The van der Waals surface area contributed by atoms with Crippen LogP contribution in [0.15, 0.2) is 36.7 Å². The van der Waals surface area contributed by atoms with Gasteiger partial charge in [0.1, 0.15) is 0 Å². The number of amides is 2. The molecule has 2 amide bonds. The molecule has 0 radical (unpaired) electrons. The molecule has 1 aromatic carbocycles. The quantitative estimate of drug-likeness (QED) is 0.514. The minimum absolute atomic E-state index is 0.0145. The Balaban J connectivity index is 1.71. The first-order chi connectivity index (χ1) is 15.5. The minimum Gasteiger partial charge on any atom is -0.494 e. The fraction of sp³-hybridized carbons (Fsp3) is 0.238. The zero-order valence-corrected chi connectivity index (χ0v) is 17.3. The second kappa shape index (κ2) is 8.92. The number of hydrogen-bond donors (Lipinski definition) is 3. The Hall–Kier alpha value is -4.15. The standard InChI is InChI=1S/C21H20FN7O3/c1-23-21(31)17-15(8-16(28-29-17)27-20(30)11-6-7-11)26-14-5-3-4-13(18(14)32-2)19-24-9-12(22)10-25-19/h3-5,8-11H,6-7H2,1-2H3,(H,23,31)(H2,26,27,28,30). The first-order valence-electron chi connectivity index (χ1n) is 9.82. The van der Waals surface area contributed by atoms with Crippen molar-refractivity contribution in [3.8, 4) is 17.1 Å². The van der Waals surface area contributed by atoms with Gasteiger partial charge < -0.3 is 20.7 Å². The van der Waals surface area contributed by atoms with E-state index in [2.05, 4.69) is 36.1 Å². The van der Waals surface area contributed by atoms with E-state index in [-0.39, 0.29) is 29.2 Å². The molecule has 164 valence electrons. The van der Waals surface area contributed by atoms with Crippen molar-refractivity contribution in [2.24, 2.45) is 5.92 Å². The second-order valence-corrected chi connectivity index (χ2v) is 7.07. The summed E-state index contributed by atoms with van der Waals surface area (Å²) in [4.78, 5) is 32.4. The summed E-state index contributed by atoms with van der Waals surface area (Å²) < 4.78 is 18.8. The molecule has 0 spiro atoms. The lowest BCUT2D eigenvalue weighted by Crippen LogP contribution is -2.22. The van der Waals surface area contributed by atoms with Crippen molar-refractivity contribution in [1.29, 1.82) is 0 Å². The second-order valence-electron chi connectivity index (χ2n) is 7.07. The van der Waals surface area contributed by atoms with Crippen molar-refractivity contribution in [2.45, 2.75) is 12.8 Å². The number of ether oxygens (including phenoxy) is 1. The Morgan fingerprint density at radius 1 is 1.12 bits per heavy atom. The number of benzene rings is 1. The van der Waals surface area contributed by atoms with E-state index in [1.54, 1.807) is 18.2 Å². The molecular weight excluding hydrogens is 417 g/mol. The summed E-state index contributed by atoms with van der Waals surface area (Å²) in [6, 6.07) is 6.71. The topological polar surface area (TPSA) is 131 Å². The molecule has 1 fully saturated rings. The number of halogens is 1. The highest BCUT2D eigenvalue weighted by atomic mass is 19.1. The average Bonchev–Trinajstić information content (AvgIpc) is 3.65. The zero-order chi connectivity index (χ0) is 22.7. The summed E-state index contributed by atoms with van der Waals surface area (Å²) in [5.74, 6) is -0.303. The highest BCUT2D eigenvalue weighted by molar-refractivity contribution is 6.00. The molecule has 0 atom stereocenters. The summed E-state index contributed by atoms with van der Waals surface area (Å²) in [6.45, 7) is 0. The third-order valence-electron chi connectivity index (χ3n) is 4.79. The van der Waals surface area contributed by atoms with Gasteiger partial charge in [0.25, 0.3) is 5.91 Å². The van der Waals surface area contributed by atoms with Gasteiger partial charge in [-0.25, -0.2) is 14.4 Å². The van der Waals surface area contributed by atoms with Crippen LogP contribution in [0.1, 0.15) is 23.3 Å². The maximum absolute atomic E-state index is 13.2. The van der Waals surface area contributed by atoms with Crippen LogP contribution in [0, 0.1) is 11.7 Å². The van der Waals surface area contributed by atoms with Gasteiger partial charge in [0, 0.05) is 19.0 Å². The molecule has 32 heavy (non-hydrogen) atoms. The number of carbonyl (C=O) groups is 2. The molecule has 2 heterocycles. The number of anilines is 3. The Kier molecular flexibility index (Phi) is 5.88. The van der Waals surface area contributed by atoms with Crippen LogP contribution in [-0.4, -0.2) is 46.1 Å². The number of nitrogens with zero attached hydrogens (tertiary/aromatic N) is 4. The first kappa shape index (κ1) is 21.1. The lowest BCUT2D eigenvalue weighted by atomic mass is 10.1. The van der Waals surface area contributed by atoms with Crippen LogP contribution in [0.25, 0.3) is 11.4 Å². The van der Waals surface area contributed by atoms with E-state index >= 15 is 0 Å². The van der Waals surface area contributed by atoms with Crippen LogP contribution in [-0.2, 0) is 4.79 Å². The van der Waals surface area contributed by atoms with Crippen molar-refractivity contribution in [1.82, 2.24) is 25.5 Å². The van der Waals surface area contributed by atoms with E-state index in [1.807, 2.05) is 0 Å². The van der Waals surface area contributed by atoms with E-state index in [0.29, 0.717) is 22.7 Å². The SMILES string of the molecule is CNC(=O)c1nnc(NC(=O)C2CC2)cc1Nc1cccc(-c2ncc(F)cn2)c1OC. The van der Waals surface area contributed by atoms with Crippen LogP contribution in [0.2, 0.25) is 0 Å². The van der Waals surface area contributed by atoms with E-state index in [1.165, 1.54) is 20.2 Å². The number of carbonyl (C=O) groups excluding carboxylic acids is 2. The highest BCUT2D eigenvalue weighted by Crippen LogP contribution is 2.37. The van der Waals surface area contributed by atoms with Gasteiger partial charge in [0.15, 0.2) is 28.9 Å².